The van der Waals surface area contributed by atoms with Crippen molar-refractivity contribution in [2.24, 2.45) is 23.2 Å². The molecule has 5 rings (SSSR count). The predicted molar refractivity (Wildman–Crippen MR) is 99.1 cm³/mol. The van der Waals surface area contributed by atoms with Crippen molar-refractivity contribution in [3.05, 3.63) is 58.6 Å². The summed E-state index contributed by atoms with van der Waals surface area (Å²) >= 11 is 5.93. The molecule has 0 aliphatic heterocycles. The maximum atomic E-state index is 13.4. The molecule has 0 spiro atoms. The van der Waals surface area contributed by atoms with Gasteiger partial charge in [-0.1, -0.05) is 30.7 Å². The maximum absolute atomic E-state index is 13.4. The molecule has 3 nitrogen and oxygen atoms in total. The van der Waals surface area contributed by atoms with Crippen LogP contribution in [0.5, 0.6) is 11.5 Å². The van der Waals surface area contributed by atoms with Gasteiger partial charge in [0, 0.05) is 22.4 Å². The van der Waals surface area contributed by atoms with Gasteiger partial charge in [0.15, 0.2) is 11.6 Å². The van der Waals surface area contributed by atoms with Crippen LogP contribution in [0.2, 0.25) is 5.02 Å². The van der Waals surface area contributed by atoms with Gasteiger partial charge in [-0.05, 0) is 60.9 Å². The fraction of sp³-hybridized carbons (Fsp3) is 0.364. The van der Waals surface area contributed by atoms with Crippen LogP contribution in [0.1, 0.15) is 46.9 Å². The van der Waals surface area contributed by atoms with Crippen LogP contribution in [0, 0.1) is 23.2 Å². The van der Waals surface area contributed by atoms with E-state index in [4.69, 9.17) is 16.3 Å². The topological polar surface area (TPSA) is 43.4 Å². The normalized spacial score (nSPS) is 31.7. The van der Waals surface area contributed by atoms with Gasteiger partial charge in [0.1, 0.15) is 11.5 Å². The summed E-state index contributed by atoms with van der Waals surface area (Å²) in [6, 6.07) is 12.4. The molecule has 4 heteroatoms. The predicted octanol–water partition coefficient (Wildman–Crippen LogP) is 5.56. The van der Waals surface area contributed by atoms with Crippen molar-refractivity contribution >= 4 is 23.2 Å². The number of carbonyl (C=O) groups is 2. The molecule has 0 saturated heterocycles. The molecule has 0 aromatic heterocycles. The van der Waals surface area contributed by atoms with Gasteiger partial charge in [0.2, 0.25) is 0 Å². The van der Waals surface area contributed by atoms with E-state index in [1.165, 1.54) is 0 Å². The summed E-state index contributed by atoms with van der Waals surface area (Å²) in [6.07, 6.45) is 3.08. The zero-order valence-electron chi connectivity index (χ0n) is 14.5. The molecule has 2 aromatic carbocycles. The standard InChI is InChI=1S/C22H19ClO3/c1-22-10-9-12(11-22)17-19(22)20(24)15-3-2-4-16(18(15)21(17)25)26-14-7-5-13(23)6-8-14/h2-8,12,17,19H,9-11H2,1H3. The smallest absolute Gasteiger partial charge is 0.171 e. The van der Waals surface area contributed by atoms with Crippen LogP contribution in [-0.4, -0.2) is 11.6 Å². The van der Waals surface area contributed by atoms with Crippen molar-refractivity contribution < 1.29 is 14.3 Å². The van der Waals surface area contributed by atoms with E-state index < -0.39 is 0 Å². The summed E-state index contributed by atoms with van der Waals surface area (Å²) in [5, 5.41) is 0.622. The van der Waals surface area contributed by atoms with Crippen molar-refractivity contribution in [1.82, 2.24) is 0 Å². The summed E-state index contributed by atoms with van der Waals surface area (Å²) in [5.41, 5.74) is 0.966. The lowest BCUT2D eigenvalue weighted by molar-refractivity contribution is 0.0570. The van der Waals surface area contributed by atoms with Crippen molar-refractivity contribution in [2.75, 3.05) is 0 Å². The first-order chi connectivity index (χ1) is 12.5. The lowest BCUT2D eigenvalue weighted by Gasteiger charge is -2.39. The van der Waals surface area contributed by atoms with E-state index in [2.05, 4.69) is 6.92 Å². The van der Waals surface area contributed by atoms with Crippen LogP contribution >= 0.6 is 11.6 Å². The highest BCUT2D eigenvalue weighted by Crippen LogP contribution is 2.63. The first-order valence-corrected chi connectivity index (χ1v) is 9.51. The van der Waals surface area contributed by atoms with Gasteiger partial charge in [0.25, 0.3) is 0 Å². The van der Waals surface area contributed by atoms with Crippen LogP contribution in [0.15, 0.2) is 42.5 Å². The second-order valence-corrected chi connectivity index (χ2v) is 8.56. The number of hydrogen-bond donors (Lipinski definition) is 0. The largest absolute Gasteiger partial charge is 0.457 e. The van der Waals surface area contributed by atoms with Crippen LogP contribution in [0.25, 0.3) is 0 Å². The van der Waals surface area contributed by atoms with Gasteiger partial charge in [-0.15, -0.1) is 0 Å². The molecular weight excluding hydrogens is 348 g/mol. The molecule has 2 saturated carbocycles. The average Bonchev–Trinajstić information content (AvgIpc) is 3.15. The number of ketones is 2. The quantitative estimate of drug-likeness (QED) is 0.698. The molecule has 3 aliphatic rings. The third-order valence-electron chi connectivity index (χ3n) is 6.60. The Morgan fingerprint density at radius 1 is 1.08 bits per heavy atom. The Labute approximate surface area is 157 Å². The second kappa shape index (κ2) is 5.43. The summed E-state index contributed by atoms with van der Waals surface area (Å²) < 4.78 is 5.97. The Kier molecular flexibility index (Phi) is 3.36. The van der Waals surface area contributed by atoms with Crippen molar-refractivity contribution in [3.8, 4) is 11.5 Å². The minimum Gasteiger partial charge on any atom is -0.457 e. The van der Waals surface area contributed by atoms with Gasteiger partial charge in [-0.3, -0.25) is 9.59 Å². The molecule has 0 heterocycles. The fourth-order valence-corrected chi connectivity index (χ4v) is 5.62. The highest BCUT2D eigenvalue weighted by Gasteiger charge is 2.62. The van der Waals surface area contributed by atoms with Gasteiger partial charge in [0.05, 0.1) is 5.56 Å². The molecule has 2 aromatic rings. The molecule has 4 unspecified atom stereocenters. The Morgan fingerprint density at radius 2 is 1.85 bits per heavy atom. The number of hydrogen-bond acceptors (Lipinski definition) is 3. The molecule has 2 bridgehead atoms. The van der Waals surface area contributed by atoms with E-state index in [-0.39, 0.29) is 28.8 Å². The number of fused-ring (bicyclic) bond motifs is 6. The Hall–Kier alpha value is -2.13. The van der Waals surface area contributed by atoms with E-state index in [0.29, 0.717) is 33.6 Å². The van der Waals surface area contributed by atoms with E-state index in [9.17, 15) is 9.59 Å². The Balaban J connectivity index is 1.60. The van der Waals surface area contributed by atoms with Crippen LogP contribution in [-0.2, 0) is 0 Å². The van der Waals surface area contributed by atoms with Crippen molar-refractivity contribution in [1.29, 1.82) is 0 Å². The molecule has 132 valence electrons. The van der Waals surface area contributed by atoms with Gasteiger partial charge < -0.3 is 4.74 Å². The monoisotopic (exact) mass is 366 g/mol. The Morgan fingerprint density at radius 3 is 2.62 bits per heavy atom. The zero-order chi connectivity index (χ0) is 18.1. The van der Waals surface area contributed by atoms with Crippen LogP contribution < -0.4 is 4.74 Å². The summed E-state index contributed by atoms with van der Waals surface area (Å²) in [7, 11) is 0. The molecule has 0 radical (unpaired) electrons. The lowest BCUT2D eigenvalue weighted by Crippen LogP contribution is -2.43. The van der Waals surface area contributed by atoms with Crippen LogP contribution in [0.3, 0.4) is 0 Å². The third kappa shape index (κ3) is 2.13. The molecule has 0 N–H and O–H groups in total. The number of Topliss-reactive ketones (excluding diaryl/α,β-unsaturated/α-hetero) is 2. The van der Waals surface area contributed by atoms with Crippen LogP contribution in [0.4, 0.5) is 0 Å². The SMILES string of the molecule is CC12CCC(C1)C1C(=O)c3c(Oc4ccc(Cl)cc4)cccc3C(=O)C12. The number of rotatable bonds is 2. The Bertz CT molecular complexity index is 933. The summed E-state index contributed by atoms with van der Waals surface area (Å²) in [6.45, 7) is 2.18. The molecule has 4 atom stereocenters. The fourth-order valence-electron chi connectivity index (χ4n) is 5.50. The molecular formula is C22H19ClO3. The van der Waals surface area contributed by atoms with Gasteiger partial charge in [-0.25, -0.2) is 0 Å². The highest BCUT2D eigenvalue weighted by molar-refractivity contribution is 6.30. The molecule has 2 fully saturated rings. The van der Waals surface area contributed by atoms with Gasteiger partial charge >= 0.3 is 0 Å². The van der Waals surface area contributed by atoms with Crippen molar-refractivity contribution in [2.45, 2.75) is 26.2 Å². The molecule has 3 aliphatic carbocycles. The molecule has 26 heavy (non-hydrogen) atoms. The highest BCUT2D eigenvalue weighted by atomic mass is 35.5. The number of carbonyl (C=O) groups excluding carboxylic acids is 2. The van der Waals surface area contributed by atoms with Gasteiger partial charge in [-0.2, -0.15) is 0 Å². The van der Waals surface area contributed by atoms with E-state index in [1.807, 2.05) is 0 Å². The van der Waals surface area contributed by atoms with Crippen molar-refractivity contribution in [3.63, 3.8) is 0 Å². The van der Waals surface area contributed by atoms with E-state index in [0.717, 1.165) is 19.3 Å². The van der Waals surface area contributed by atoms with E-state index in [1.54, 1.807) is 42.5 Å². The average molecular weight is 367 g/mol. The first-order valence-electron chi connectivity index (χ1n) is 9.13. The second-order valence-electron chi connectivity index (χ2n) is 8.12. The first kappa shape index (κ1) is 16.1. The lowest BCUT2D eigenvalue weighted by atomic mass is 9.62. The third-order valence-corrected chi connectivity index (χ3v) is 6.85. The zero-order valence-corrected chi connectivity index (χ0v) is 15.3. The summed E-state index contributed by atoms with van der Waals surface area (Å²) in [4.78, 5) is 26.7. The van der Waals surface area contributed by atoms with E-state index >= 15 is 0 Å². The minimum atomic E-state index is -0.177. The molecule has 0 amide bonds. The summed E-state index contributed by atoms with van der Waals surface area (Å²) in [5.74, 6) is 1.27. The number of halogens is 1. The maximum Gasteiger partial charge on any atom is 0.171 e. The number of benzene rings is 2. The number of ether oxygens (including phenoxy) is 1. The minimum absolute atomic E-state index is 0.0210.